The maximum absolute atomic E-state index is 14.6. The minimum Gasteiger partial charge on any atom is -0.393 e. The van der Waals surface area contributed by atoms with Crippen LogP contribution in [0.25, 0.3) is 0 Å². The van der Waals surface area contributed by atoms with Crippen molar-refractivity contribution in [2.45, 2.75) is 30.8 Å². The van der Waals surface area contributed by atoms with Gasteiger partial charge in [-0.3, -0.25) is 14.3 Å². The number of alkyl halides is 1. The highest BCUT2D eigenvalue weighted by molar-refractivity contribution is 5.19. The van der Waals surface area contributed by atoms with E-state index >= 15 is 0 Å². The van der Waals surface area contributed by atoms with Crippen LogP contribution in [0.1, 0.15) is 19.6 Å². The number of halogens is 1. The molecule has 1 saturated heterocycles. The number of aromatic nitrogens is 2. The van der Waals surface area contributed by atoms with Gasteiger partial charge >= 0.3 is 5.69 Å². The molecule has 1 saturated carbocycles. The number of aromatic amines is 1. The molecule has 2 aliphatic rings. The minimum absolute atomic E-state index is 0.272. The van der Waals surface area contributed by atoms with Crippen LogP contribution in [-0.4, -0.2) is 32.5 Å². The van der Waals surface area contributed by atoms with E-state index in [1.165, 1.54) is 13.1 Å². The van der Waals surface area contributed by atoms with E-state index in [2.05, 4.69) is 4.98 Å². The van der Waals surface area contributed by atoms with Crippen molar-refractivity contribution in [1.82, 2.24) is 9.55 Å². The van der Waals surface area contributed by atoms with Crippen LogP contribution >= 0.6 is 0 Å². The van der Waals surface area contributed by atoms with E-state index < -0.39 is 34.7 Å². The number of hydrogen-bond acceptors (Lipinski definition) is 4. The van der Waals surface area contributed by atoms with Gasteiger partial charge in [-0.15, -0.1) is 0 Å². The van der Waals surface area contributed by atoms with Crippen LogP contribution in [0.4, 0.5) is 4.39 Å². The summed E-state index contributed by atoms with van der Waals surface area (Å²) in [6, 6.07) is 1.14. The second-order valence-electron chi connectivity index (χ2n) is 5.12. The molecular formula is C11H13FN2O4. The summed E-state index contributed by atoms with van der Waals surface area (Å²) in [5.74, 6) is -0.418. The Morgan fingerprint density at radius 3 is 2.94 bits per heavy atom. The van der Waals surface area contributed by atoms with Gasteiger partial charge in [-0.25, -0.2) is 9.18 Å². The van der Waals surface area contributed by atoms with Crippen molar-refractivity contribution in [2.24, 2.45) is 5.92 Å². The van der Waals surface area contributed by atoms with E-state index in [4.69, 9.17) is 4.74 Å². The van der Waals surface area contributed by atoms with Crippen LogP contribution < -0.4 is 11.2 Å². The maximum Gasteiger partial charge on any atom is 0.330 e. The van der Waals surface area contributed by atoms with Gasteiger partial charge in [0.25, 0.3) is 5.56 Å². The highest BCUT2D eigenvalue weighted by Gasteiger charge is 2.74. The Balaban J connectivity index is 2.03. The molecule has 2 N–H and O–H groups in total. The number of ether oxygens (including phenoxy) is 1. The SMILES string of the molecule is CC1(F)C2CC2(CO)O[C@H]1n1ccc(=O)[nH]c1=O. The summed E-state index contributed by atoms with van der Waals surface area (Å²) in [5.41, 5.74) is -3.88. The van der Waals surface area contributed by atoms with Crippen molar-refractivity contribution in [1.29, 1.82) is 0 Å². The van der Waals surface area contributed by atoms with Crippen molar-refractivity contribution in [3.63, 3.8) is 0 Å². The lowest BCUT2D eigenvalue weighted by Crippen LogP contribution is -2.40. The molecule has 2 fully saturated rings. The third kappa shape index (κ3) is 1.34. The van der Waals surface area contributed by atoms with Gasteiger partial charge in [0.15, 0.2) is 11.9 Å². The molecule has 1 aliphatic heterocycles. The van der Waals surface area contributed by atoms with E-state index in [0.717, 1.165) is 10.6 Å². The second-order valence-corrected chi connectivity index (χ2v) is 5.12. The van der Waals surface area contributed by atoms with Crippen LogP contribution in [0, 0.1) is 5.92 Å². The normalized spacial score (nSPS) is 41.7. The van der Waals surface area contributed by atoms with Crippen LogP contribution in [0.2, 0.25) is 0 Å². The van der Waals surface area contributed by atoms with Gasteiger partial charge in [-0.1, -0.05) is 0 Å². The summed E-state index contributed by atoms with van der Waals surface area (Å²) >= 11 is 0. The van der Waals surface area contributed by atoms with Crippen molar-refractivity contribution in [2.75, 3.05) is 6.61 Å². The highest BCUT2D eigenvalue weighted by atomic mass is 19.1. The Hall–Kier alpha value is -1.47. The molecular weight excluding hydrogens is 243 g/mol. The first-order valence-electron chi connectivity index (χ1n) is 5.70. The van der Waals surface area contributed by atoms with Crippen LogP contribution in [0.15, 0.2) is 21.9 Å². The molecule has 7 heteroatoms. The van der Waals surface area contributed by atoms with Crippen molar-refractivity contribution >= 4 is 0 Å². The fourth-order valence-corrected chi connectivity index (χ4v) is 2.79. The molecule has 98 valence electrons. The van der Waals surface area contributed by atoms with Gasteiger partial charge in [-0.05, 0) is 13.3 Å². The van der Waals surface area contributed by atoms with E-state index in [1.807, 2.05) is 0 Å². The lowest BCUT2D eigenvalue weighted by molar-refractivity contribution is -0.102. The van der Waals surface area contributed by atoms with Gasteiger partial charge in [0.05, 0.1) is 6.61 Å². The summed E-state index contributed by atoms with van der Waals surface area (Å²) in [7, 11) is 0. The van der Waals surface area contributed by atoms with Crippen LogP contribution in [0.3, 0.4) is 0 Å². The highest BCUT2D eigenvalue weighted by Crippen LogP contribution is 2.65. The monoisotopic (exact) mass is 256 g/mol. The summed E-state index contributed by atoms with van der Waals surface area (Å²) in [4.78, 5) is 24.7. The molecule has 0 spiro atoms. The van der Waals surface area contributed by atoms with E-state index in [1.54, 1.807) is 0 Å². The van der Waals surface area contributed by atoms with Gasteiger partial charge in [-0.2, -0.15) is 0 Å². The lowest BCUT2D eigenvalue weighted by Gasteiger charge is -2.26. The summed E-state index contributed by atoms with van der Waals surface area (Å²) in [6.07, 6.45) is 0.540. The average Bonchev–Trinajstić information content (AvgIpc) is 2.98. The average molecular weight is 256 g/mol. The van der Waals surface area contributed by atoms with Crippen molar-refractivity contribution < 1.29 is 14.2 Å². The zero-order valence-electron chi connectivity index (χ0n) is 9.72. The zero-order valence-corrected chi connectivity index (χ0v) is 9.72. The number of fused-ring (bicyclic) bond motifs is 1. The molecule has 4 atom stereocenters. The Bertz CT molecular complexity index is 608. The first-order chi connectivity index (χ1) is 8.40. The number of aliphatic hydroxyl groups excluding tert-OH is 1. The van der Waals surface area contributed by atoms with E-state index in [0.29, 0.717) is 6.42 Å². The molecule has 0 amide bonds. The first-order valence-corrected chi connectivity index (χ1v) is 5.70. The molecule has 0 radical (unpaired) electrons. The van der Waals surface area contributed by atoms with Gasteiger partial charge < -0.3 is 9.84 Å². The summed E-state index contributed by atoms with van der Waals surface area (Å²) < 4.78 is 21.1. The van der Waals surface area contributed by atoms with Crippen molar-refractivity contribution in [3.8, 4) is 0 Å². The number of hydrogen-bond donors (Lipinski definition) is 2. The van der Waals surface area contributed by atoms with E-state index in [-0.39, 0.29) is 6.61 Å². The lowest BCUT2D eigenvalue weighted by atomic mass is 10.0. The van der Waals surface area contributed by atoms with Gasteiger partial charge in [0.2, 0.25) is 0 Å². The molecule has 1 aliphatic carbocycles. The quantitative estimate of drug-likeness (QED) is 0.750. The summed E-state index contributed by atoms with van der Waals surface area (Å²) in [5, 5.41) is 9.24. The predicted octanol–water partition coefficient (Wildman–Crippen LogP) is -0.455. The molecule has 3 unspecified atom stereocenters. The predicted molar refractivity (Wildman–Crippen MR) is 58.9 cm³/mol. The van der Waals surface area contributed by atoms with Crippen molar-refractivity contribution in [3.05, 3.63) is 33.1 Å². The summed E-state index contributed by atoms with van der Waals surface area (Å²) in [6.45, 7) is 1.08. The first kappa shape index (κ1) is 11.6. The molecule has 0 aromatic carbocycles. The Morgan fingerprint density at radius 2 is 2.39 bits per heavy atom. The number of nitrogens with zero attached hydrogens (tertiary/aromatic N) is 1. The Labute approximate surface area is 101 Å². The maximum atomic E-state index is 14.6. The third-order valence-corrected chi connectivity index (χ3v) is 3.91. The minimum atomic E-state index is -1.75. The molecule has 0 bridgehead atoms. The standard InChI is InChI=1S/C11H13FN2O4/c1-10(12)6-4-11(6,5-15)18-8(10)14-3-2-7(16)13-9(14)17/h2-3,6,8,15H,4-5H2,1H3,(H,13,16,17)/t6?,8-,10?,11?/m1/s1. The smallest absolute Gasteiger partial charge is 0.330 e. The Morgan fingerprint density at radius 1 is 1.67 bits per heavy atom. The molecule has 3 rings (SSSR count). The molecule has 6 nitrogen and oxygen atoms in total. The zero-order chi connectivity index (χ0) is 13.1. The second kappa shape index (κ2) is 3.30. The topological polar surface area (TPSA) is 84.3 Å². The van der Waals surface area contributed by atoms with Crippen LogP contribution in [0.5, 0.6) is 0 Å². The molecule has 18 heavy (non-hydrogen) atoms. The van der Waals surface area contributed by atoms with Gasteiger partial charge in [0, 0.05) is 18.2 Å². The molecule has 1 aromatic heterocycles. The fraction of sp³-hybridized carbons (Fsp3) is 0.636. The number of rotatable bonds is 2. The van der Waals surface area contributed by atoms with Crippen LogP contribution in [-0.2, 0) is 4.74 Å². The largest absolute Gasteiger partial charge is 0.393 e. The number of nitrogens with one attached hydrogen (secondary N) is 1. The third-order valence-electron chi connectivity index (χ3n) is 3.91. The Kier molecular flexibility index (Phi) is 2.13. The van der Waals surface area contributed by atoms with Gasteiger partial charge in [0.1, 0.15) is 5.60 Å². The number of H-pyrrole nitrogens is 1. The molecule has 2 heterocycles. The molecule has 1 aromatic rings. The number of aliphatic hydroxyl groups is 1. The fourth-order valence-electron chi connectivity index (χ4n) is 2.79. The van der Waals surface area contributed by atoms with E-state index in [9.17, 15) is 19.1 Å².